The number of hydrogen-bond acceptors (Lipinski definition) is 39. The van der Waals surface area contributed by atoms with E-state index in [9.17, 15) is 47.9 Å². The molecule has 0 aliphatic rings. The van der Waals surface area contributed by atoms with Crippen molar-refractivity contribution in [2.75, 3.05) is 312 Å². The molecule has 0 spiro atoms. The number of aromatic nitrogens is 3. The number of carbonyl (C=O) groups is 7. The zero-order valence-electron chi connectivity index (χ0n) is 80.1. The third-order valence-electron chi connectivity index (χ3n) is 17.0. The fourth-order valence-corrected chi connectivity index (χ4v) is 10.2. The highest BCUT2D eigenvalue weighted by Gasteiger charge is 2.17. The number of hydrogen-bond donors (Lipinski definition) is 1. The van der Waals surface area contributed by atoms with Crippen LogP contribution in [0.25, 0.3) is 0 Å². The van der Waals surface area contributed by atoms with Gasteiger partial charge in [-0.15, -0.1) is 13.2 Å². The monoisotopic (exact) mass is 1930 g/mol. The smallest absolute Gasteiger partial charge is 0.336 e. The molecule has 0 aromatic carbocycles. The van der Waals surface area contributed by atoms with E-state index in [1.165, 1.54) is 0 Å². The minimum absolute atomic E-state index is 0.122. The van der Waals surface area contributed by atoms with E-state index in [0.717, 1.165) is 76.5 Å². The number of aliphatic hydroxyl groups excluding tert-OH is 1. The maximum Gasteiger partial charge on any atom is 0.336 e. The molecule has 0 amide bonds. The zero-order valence-corrected chi connectivity index (χ0v) is 80.1. The van der Waals surface area contributed by atoms with Crippen molar-refractivity contribution in [3.8, 4) is 0 Å². The van der Waals surface area contributed by atoms with Crippen molar-refractivity contribution < 1.29 is 172 Å². The predicted molar refractivity (Wildman–Crippen MR) is 491 cm³/mol. The van der Waals surface area contributed by atoms with Crippen molar-refractivity contribution in [2.45, 2.75) is 148 Å². The molecule has 134 heavy (non-hydrogen) atoms. The largest absolute Gasteiger partial charge is 0.463 e. The van der Waals surface area contributed by atoms with Crippen LogP contribution in [0.5, 0.6) is 0 Å². The summed E-state index contributed by atoms with van der Waals surface area (Å²) in [6.07, 6.45) is 19.6. The molecule has 0 unspecified atom stereocenters. The van der Waals surface area contributed by atoms with Crippen LogP contribution in [-0.4, -0.2) is 372 Å². The van der Waals surface area contributed by atoms with Gasteiger partial charge in [0.25, 0.3) is 0 Å². The molecule has 42 heteroatoms. The lowest BCUT2D eigenvalue weighted by molar-refractivity contribution is -0.290. The van der Waals surface area contributed by atoms with Crippen molar-refractivity contribution >= 4 is 41.6 Å². The second kappa shape index (κ2) is 109. The van der Waals surface area contributed by atoms with Gasteiger partial charge in [0.05, 0.1) is 231 Å². The molecular weight excluding hydrogens is 1770 g/mol. The number of nitrogens with zero attached hydrogens (tertiary/aromatic N) is 3. The first-order valence-electron chi connectivity index (χ1n) is 46.1. The maximum atomic E-state index is 13.8. The Balaban J connectivity index is -0.00000522. The van der Waals surface area contributed by atoms with Gasteiger partial charge in [0.1, 0.15) is 59.5 Å². The molecule has 0 aliphatic heterocycles. The quantitative estimate of drug-likeness (QED) is 0.0142. The molecule has 1 heterocycles. The first kappa shape index (κ1) is 131. The Kier molecular flexibility index (Phi) is 106. The highest BCUT2D eigenvalue weighted by molar-refractivity contribution is 5.86. The Morgan fingerprint density at radius 1 is 0.246 bits per heavy atom. The fraction of sp³-hybridized carbons (Fsp3) is 0.761. The van der Waals surface area contributed by atoms with Crippen LogP contribution in [0.2, 0.25) is 0 Å². The summed E-state index contributed by atoms with van der Waals surface area (Å²) in [5.41, 5.74) is -1.95. The Morgan fingerprint density at radius 3 is 0.716 bits per heavy atom. The molecule has 1 aromatic heterocycles. The SMILES string of the molecule is C=CC(=O)OCCCCO.C=CC(=O)OCCOCCOCCOCCOCCOCCOCCOCCOCCOC(=O)CCCCCCCn1c(=O)n(CCCCCCCC(=O)COC(=O)C=C)c(=O)n(CCCCCCCC(=O)OCCOCCOCCOCCOCCOCCOCCOCCOCCOC(=O)C=C)c1=O.C=CCOOCCOC.C=CCOOCCOC. The van der Waals surface area contributed by atoms with Gasteiger partial charge in [-0.25, -0.2) is 66.8 Å². The number of aliphatic hydroxyl groups is 1. The van der Waals surface area contributed by atoms with Gasteiger partial charge in [0, 0.05) is 84.0 Å². The van der Waals surface area contributed by atoms with Gasteiger partial charge in [-0.05, 0) is 51.4 Å². The second-order valence-corrected chi connectivity index (χ2v) is 27.8. The molecule has 1 N–H and O–H groups in total. The lowest BCUT2D eigenvalue weighted by atomic mass is 10.1. The average molecular weight is 1930 g/mol. The molecule has 0 fully saturated rings. The van der Waals surface area contributed by atoms with E-state index >= 15 is 0 Å². The van der Waals surface area contributed by atoms with Gasteiger partial charge in [0.15, 0.2) is 5.78 Å². The van der Waals surface area contributed by atoms with Crippen molar-refractivity contribution in [3.05, 3.63) is 107 Å². The summed E-state index contributed by atoms with van der Waals surface area (Å²) in [7, 11) is 3.22. The zero-order chi connectivity index (χ0) is 98.6. The molecule has 0 saturated carbocycles. The van der Waals surface area contributed by atoms with Crippen LogP contribution in [0.15, 0.2) is 90.3 Å². The summed E-state index contributed by atoms with van der Waals surface area (Å²) in [6.45, 7) is 36.6. The summed E-state index contributed by atoms with van der Waals surface area (Å²) < 4.78 is 130. The number of ether oxygens (including phenoxy) is 24. The molecule has 0 saturated heterocycles. The minimum atomic E-state index is -0.656. The first-order valence-corrected chi connectivity index (χ1v) is 46.1. The van der Waals surface area contributed by atoms with E-state index in [1.807, 2.05) is 0 Å². The lowest BCUT2D eigenvalue weighted by Crippen LogP contribution is -2.54. The van der Waals surface area contributed by atoms with Gasteiger partial charge in [0.2, 0.25) is 0 Å². The van der Waals surface area contributed by atoms with Gasteiger partial charge in [-0.3, -0.25) is 14.4 Å². The molecule has 42 nitrogen and oxygen atoms in total. The Labute approximate surface area is 791 Å². The van der Waals surface area contributed by atoms with Crippen LogP contribution in [0.4, 0.5) is 0 Å². The van der Waals surface area contributed by atoms with Crippen LogP contribution in [-0.2, 0) is 186 Å². The summed E-state index contributed by atoms with van der Waals surface area (Å²) in [4.78, 5) is 140. The maximum absolute atomic E-state index is 13.8. The third kappa shape index (κ3) is 97.5. The topological polar surface area (TPSA) is 464 Å². The van der Waals surface area contributed by atoms with E-state index in [0.29, 0.717) is 315 Å². The highest BCUT2D eigenvalue weighted by atomic mass is 17.2. The Hall–Kier alpha value is -7.58. The summed E-state index contributed by atoms with van der Waals surface area (Å²) in [5, 5.41) is 8.33. The van der Waals surface area contributed by atoms with E-state index < -0.39 is 40.9 Å². The number of unbranched alkanes of at least 4 members (excludes halogenated alkanes) is 13. The Morgan fingerprint density at radius 2 is 0.470 bits per heavy atom. The Bertz CT molecular complexity index is 2980. The van der Waals surface area contributed by atoms with Crippen molar-refractivity contribution in [1.29, 1.82) is 0 Å². The van der Waals surface area contributed by atoms with E-state index in [2.05, 4.69) is 63.8 Å². The van der Waals surface area contributed by atoms with Gasteiger partial charge in [-0.1, -0.05) is 96.3 Å². The van der Waals surface area contributed by atoms with Gasteiger partial charge >= 0.3 is 52.9 Å². The van der Waals surface area contributed by atoms with Gasteiger partial charge < -0.3 is 119 Å². The van der Waals surface area contributed by atoms with Crippen molar-refractivity contribution in [3.63, 3.8) is 0 Å². The van der Waals surface area contributed by atoms with Crippen LogP contribution in [0.3, 0.4) is 0 Å². The number of ketones is 1. The number of methoxy groups -OCH3 is 2. The standard InChI is InChI=1S/C73H125N3O30.C7H12O3.2C6H12O3/c1-4-66(78)102-60-56-98-52-48-94-44-40-90-36-32-86-28-30-88-34-38-92-42-46-96-50-54-100-58-62-104-69(81)23-17-11-8-14-20-26-75-71(83)74(25-19-13-7-10-16-22-65(77)64-106-68(80)6-3)72(84)76(73(75)85)27-21-15-9-12-18-24-70(82)105-63-59-101-55-51-97-47-43-93-39-35-89-31-29-87-33-37-91-41-45-95-49-53-99-57-61-103-67(79)5-2;1-2-7(9)10-6-4-3-5-8;2*1-3-4-8-9-6-5-7-2/h4-6H,1-3,7-64H2;2,8H,1,3-6H2;2*3H,1,4-6H2,2H3. The number of rotatable bonds is 100. The van der Waals surface area contributed by atoms with E-state index in [-0.39, 0.29) is 109 Å². The molecule has 0 aliphatic carbocycles. The lowest BCUT2D eigenvalue weighted by Gasteiger charge is -2.14. The van der Waals surface area contributed by atoms with Crippen LogP contribution in [0, 0.1) is 0 Å². The number of carbonyl (C=O) groups excluding carboxylic acids is 7. The number of esters is 6. The normalized spacial score (nSPS) is 10.8. The summed E-state index contributed by atoms with van der Waals surface area (Å²) >= 11 is 0. The van der Waals surface area contributed by atoms with Crippen LogP contribution >= 0.6 is 0 Å². The molecule has 0 radical (unpaired) electrons. The van der Waals surface area contributed by atoms with Gasteiger partial charge in [-0.2, -0.15) is 0 Å². The van der Waals surface area contributed by atoms with Crippen molar-refractivity contribution in [2.24, 2.45) is 0 Å². The van der Waals surface area contributed by atoms with E-state index in [1.54, 1.807) is 26.4 Å². The van der Waals surface area contributed by atoms with Crippen LogP contribution < -0.4 is 17.1 Å². The summed E-state index contributed by atoms with van der Waals surface area (Å²) in [6, 6.07) is 0. The van der Waals surface area contributed by atoms with E-state index in [4.69, 9.17) is 114 Å². The second-order valence-electron chi connectivity index (χ2n) is 27.8. The molecule has 1 rings (SSSR count). The van der Waals surface area contributed by atoms with Crippen LogP contribution in [0.1, 0.15) is 128 Å². The number of Topliss-reactive ketones (excluding diaryl/α,β-unsaturated/α-hetero) is 1. The summed E-state index contributed by atoms with van der Waals surface area (Å²) in [5.74, 6) is -2.86. The van der Waals surface area contributed by atoms with Crippen molar-refractivity contribution in [1.82, 2.24) is 13.7 Å². The molecule has 778 valence electrons. The predicted octanol–water partition coefficient (Wildman–Crippen LogP) is 6.32. The minimum Gasteiger partial charge on any atom is -0.463 e. The average Bonchev–Trinajstić information content (AvgIpc) is 0.785. The molecular formula is C92H161N3O39. The third-order valence-corrected chi connectivity index (χ3v) is 17.0. The molecule has 0 bridgehead atoms. The molecule has 0 atom stereocenters. The first-order chi connectivity index (χ1) is 65.6. The fourth-order valence-electron chi connectivity index (χ4n) is 10.2. The highest BCUT2D eigenvalue weighted by Crippen LogP contribution is 2.11. The molecule has 1 aromatic rings.